The Hall–Kier alpha value is -4.57. The van der Waals surface area contributed by atoms with Crippen molar-refractivity contribution in [2.45, 2.75) is 157 Å². The zero-order chi connectivity index (χ0) is 41.7. The van der Waals surface area contributed by atoms with Crippen molar-refractivity contribution in [2.24, 2.45) is 0 Å². The molecule has 1 unspecified atom stereocenters. The Bertz CT molecular complexity index is 2170. The monoisotopic (exact) mass is 791 g/mol. The average molecular weight is 792 g/mol. The van der Waals surface area contributed by atoms with Crippen molar-refractivity contribution in [1.29, 1.82) is 0 Å². The molecule has 58 heavy (non-hydrogen) atoms. The lowest BCUT2D eigenvalue weighted by molar-refractivity contribution is -0.140. The number of imide groups is 1. The van der Waals surface area contributed by atoms with Gasteiger partial charge in [-0.25, -0.2) is 9.97 Å². The molecule has 2 amide bonds. The van der Waals surface area contributed by atoms with Gasteiger partial charge in [0.15, 0.2) is 0 Å². The van der Waals surface area contributed by atoms with Gasteiger partial charge < -0.3 is 19.4 Å². The third-order valence-electron chi connectivity index (χ3n) is 12.8. The summed E-state index contributed by atoms with van der Waals surface area (Å²) in [5, 5.41) is 0. The fourth-order valence-electron chi connectivity index (χ4n) is 9.19. The SMILES string of the molecule is CCCCCCCOC(C)C1=C(C)c2cc3[nH]c(c4c5[nH]c(cc6nc(cc1n2)C(C)=C6CC)c(C)c5C(=O)N(CCCCCCC)C4=O)[C@@H](CCC(=O)OC)[C@@H]3C. The van der Waals surface area contributed by atoms with Crippen molar-refractivity contribution in [3.63, 3.8) is 0 Å². The van der Waals surface area contributed by atoms with E-state index < -0.39 is 0 Å². The number of hydrogen-bond acceptors (Lipinski definition) is 7. The zero-order valence-corrected chi connectivity index (χ0v) is 36.5. The molecule has 0 aromatic carbocycles. The molecule has 0 aliphatic carbocycles. The van der Waals surface area contributed by atoms with Crippen LogP contribution in [0.25, 0.3) is 33.3 Å². The van der Waals surface area contributed by atoms with Gasteiger partial charge in [0, 0.05) is 53.9 Å². The number of hydrogen-bond donors (Lipinski definition) is 2. The Kier molecular flexibility index (Phi) is 14.1. The average Bonchev–Trinajstić information content (AvgIpc) is 3.89. The molecule has 2 N–H and O–H groups in total. The summed E-state index contributed by atoms with van der Waals surface area (Å²) in [6.45, 7) is 18.0. The number of carbonyl (C=O) groups excluding carboxylic acids is 3. The van der Waals surface area contributed by atoms with E-state index in [1.54, 1.807) is 0 Å². The lowest BCUT2D eigenvalue weighted by Gasteiger charge is -2.27. The number of unbranched alkanes of at least 4 members (excludes halogenated alkanes) is 8. The van der Waals surface area contributed by atoms with Crippen LogP contribution in [-0.2, 0) is 14.3 Å². The number of rotatable bonds is 18. The molecular formula is C48H65N5O5. The van der Waals surface area contributed by atoms with Gasteiger partial charge >= 0.3 is 5.97 Å². The molecular weight excluding hydrogens is 727 g/mol. The van der Waals surface area contributed by atoms with Gasteiger partial charge in [-0.3, -0.25) is 19.3 Å². The molecule has 6 rings (SSSR count). The first kappa shape index (κ1) is 43.0. The number of nitrogens with one attached hydrogen (secondary N) is 2. The second-order valence-corrected chi connectivity index (χ2v) is 16.6. The van der Waals surface area contributed by atoms with Crippen molar-refractivity contribution in [1.82, 2.24) is 24.8 Å². The van der Waals surface area contributed by atoms with E-state index in [1.165, 1.54) is 31.3 Å². The topological polar surface area (TPSA) is 130 Å². The van der Waals surface area contributed by atoms with Gasteiger partial charge in [-0.05, 0) is 93.9 Å². The number of aromatic nitrogens is 4. The molecule has 10 nitrogen and oxygen atoms in total. The summed E-state index contributed by atoms with van der Waals surface area (Å²) in [5.41, 5.74) is 12.3. The molecule has 312 valence electrons. The van der Waals surface area contributed by atoms with Crippen molar-refractivity contribution < 1.29 is 23.9 Å². The zero-order valence-electron chi connectivity index (χ0n) is 36.5. The van der Waals surface area contributed by atoms with Crippen LogP contribution in [-0.4, -0.2) is 69.0 Å². The summed E-state index contributed by atoms with van der Waals surface area (Å²) in [5.74, 6) is -1.22. The summed E-state index contributed by atoms with van der Waals surface area (Å²) in [4.78, 5) is 61.1. The molecule has 3 atom stereocenters. The number of allylic oxidation sites excluding steroid dienone is 3. The number of ether oxygens (including phenoxy) is 2. The molecule has 0 saturated heterocycles. The van der Waals surface area contributed by atoms with Crippen LogP contribution in [0.2, 0.25) is 0 Å². The van der Waals surface area contributed by atoms with E-state index in [4.69, 9.17) is 19.4 Å². The molecule has 0 spiro atoms. The van der Waals surface area contributed by atoms with E-state index in [0.29, 0.717) is 41.9 Å². The van der Waals surface area contributed by atoms with Crippen LogP contribution >= 0.6 is 0 Å². The van der Waals surface area contributed by atoms with E-state index in [-0.39, 0.29) is 42.1 Å². The van der Waals surface area contributed by atoms with Crippen LogP contribution in [0.3, 0.4) is 0 Å². The van der Waals surface area contributed by atoms with Crippen LogP contribution in [0.5, 0.6) is 0 Å². The molecule has 0 saturated carbocycles. The van der Waals surface area contributed by atoms with Crippen LogP contribution in [0.4, 0.5) is 0 Å². The van der Waals surface area contributed by atoms with Gasteiger partial charge in [0.1, 0.15) is 0 Å². The highest BCUT2D eigenvalue weighted by Gasteiger charge is 2.40. The second kappa shape index (κ2) is 19.0. The highest BCUT2D eigenvalue weighted by molar-refractivity contribution is 6.23. The number of aryl methyl sites for hydroxylation is 1. The molecule has 2 aromatic heterocycles. The van der Waals surface area contributed by atoms with E-state index in [0.717, 1.165) is 113 Å². The van der Waals surface area contributed by atoms with Crippen molar-refractivity contribution in [2.75, 3.05) is 20.3 Å². The molecule has 4 aliphatic rings. The Morgan fingerprint density at radius 1 is 0.810 bits per heavy atom. The van der Waals surface area contributed by atoms with Gasteiger partial charge in [-0.1, -0.05) is 79.1 Å². The van der Waals surface area contributed by atoms with Crippen LogP contribution < -0.4 is 0 Å². The fourth-order valence-corrected chi connectivity index (χ4v) is 9.19. The standard InChI is InChI=1S/C48H65N5O5/c1-10-13-15-17-19-23-53-47(55)43-31(7)38-26-39-33(12-3)28(4)35(49-39)27-40-42(32(8)58-24-20-18-16-14-11-2)30(6)37(50-40)25-36-29(5)34(21-22-41(54)57-9)45(51-36)44(48(53)56)46(43)52-38/h25-27,29,32,34,51-52H,10-24H2,1-9H3/t29-,32?,34-/m0/s1. The third kappa shape index (κ3) is 8.59. The van der Waals surface area contributed by atoms with E-state index in [2.05, 4.69) is 70.6 Å². The van der Waals surface area contributed by atoms with E-state index in [9.17, 15) is 14.4 Å². The number of fused-ring (bicyclic) bond motifs is 8. The molecule has 0 radical (unpaired) electrons. The van der Waals surface area contributed by atoms with Gasteiger partial charge in [0.05, 0.1) is 52.6 Å². The Morgan fingerprint density at radius 2 is 1.47 bits per heavy atom. The quantitative estimate of drug-likeness (QED) is 0.0873. The Morgan fingerprint density at radius 3 is 2.16 bits per heavy atom. The van der Waals surface area contributed by atoms with Crippen molar-refractivity contribution in [3.8, 4) is 0 Å². The minimum Gasteiger partial charge on any atom is -0.469 e. The number of esters is 1. The number of nitrogens with zero attached hydrogens (tertiary/aromatic N) is 3. The molecule has 0 fully saturated rings. The number of methoxy groups -OCH3 is 1. The molecule has 4 aliphatic heterocycles. The second-order valence-electron chi connectivity index (χ2n) is 16.6. The highest BCUT2D eigenvalue weighted by Crippen LogP contribution is 2.45. The normalized spacial score (nSPS) is 17.7. The first-order valence-electron chi connectivity index (χ1n) is 22.0. The van der Waals surface area contributed by atoms with Gasteiger partial charge in [0.25, 0.3) is 11.8 Å². The Balaban J connectivity index is 1.61. The maximum atomic E-state index is 14.9. The maximum absolute atomic E-state index is 14.9. The molecule has 6 heterocycles. The molecule has 10 heteroatoms. The molecule has 8 bridgehead atoms. The van der Waals surface area contributed by atoms with Gasteiger partial charge in [-0.15, -0.1) is 0 Å². The summed E-state index contributed by atoms with van der Waals surface area (Å²) in [6.07, 6.45) is 12.1. The van der Waals surface area contributed by atoms with Crippen molar-refractivity contribution >= 4 is 51.1 Å². The largest absolute Gasteiger partial charge is 0.469 e. The summed E-state index contributed by atoms with van der Waals surface area (Å²) >= 11 is 0. The number of amides is 2. The first-order valence-corrected chi connectivity index (χ1v) is 22.0. The minimum absolute atomic E-state index is 0.0988. The first-order chi connectivity index (χ1) is 27.9. The van der Waals surface area contributed by atoms with E-state index >= 15 is 0 Å². The summed E-state index contributed by atoms with van der Waals surface area (Å²) in [7, 11) is 1.40. The summed E-state index contributed by atoms with van der Waals surface area (Å²) in [6, 6.07) is 6.23. The fraction of sp³-hybridized carbons (Fsp3) is 0.562. The van der Waals surface area contributed by atoms with Crippen LogP contribution in [0, 0.1) is 6.92 Å². The lowest BCUT2D eigenvalue weighted by atomic mass is 9.84. The van der Waals surface area contributed by atoms with Crippen LogP contribution in [0.15, 0.2) is 18.2 Å². The number of aromatic amines is 2. The van der Waals surface area contributed by atoms with Gasteiger partial charge in [-0.2, -0.15) is 0 Å². The predicted octanol–water partition coefficient (Wildman–Crippen LogP) is 11.4. The third-order valence-corrected chi connectivity index (χ3v) is 12.8. The Labute approximate surface area is 345 Å². The highest BCUT2D eigenvalue weighted by atomic mass is 16.5. The van der Waals surface area contributed by atoms with Crippen LogP contribution in [0.1, 0.15) is 204 Å². The summed E-state index contributed by atoms with van der Waals surface area (Å²) < 4.78 is 11.6. The molecule has 2 aromatic rings. The van der Waals surface area contributed by atoms with Crippen molar-refractivity contribution in [3.05, 3.63) is 69.1 Å². The van der Waals surface area contributed by atoms with Gasteiger partial charge in [0.2, 0.25) is 0 Å². The lowest BCUT2D eigenvalue weighted by Crippen LogP contribution is -2.41. The maximum Gasteiger partial charge on any atom is 0.305 e. The number of H-pyrrole nitrogens is 2. The van der Waals surface area contributed by atoms with E-state index in [1.807, 2.05) is 13.0 Å². The number of carbonyl (C=O) groups is 3. The predicted molar refractivity (Wildman–Crippen MR) is 233 cm³/mol. The minimum atomic E-state index is -0.317. The smallest absolute Gasteiger partial charge is 0.305 e.